The van der Waals surface area contributed by atoms with Crippen LogP contribution in [-0.2, 0) is 0 Å². The van der Waals surface area contributed by atoms with Crippen LogP contribution in [0, 0.1) is 10.1 Å². The Hall–Kier alpha value is -2.84. The third-order valence-electron chi connectivity index (χ3n) is 3.76. The molecule has 2 aromatic rings. The molecule has 0 aliphatic carbocycles. The van der Waals surface area contributed by atoms with Crippen molar-refractivity contribution in [3.63, 3.8) is 0 Å². The van der Waals surface area contributed by atoms with Crippen molar-refractivity contribution in [2.75, 3.05) is 11.4 Å². The van der Waals surface area contributed by atoms with Crippen LogP contribution in [0.15, 0.2) is 42.6 Å². The first-order valence-corrected chi connectivity index (χ1v) is 6.94. The fourth-order valence-electron chi connectivity index (χ4n) is 2.44. The topological polar surface area (TPSA) is 68.5 Å². The minimum atomic E-state index is -4.63. The fraction of sp³-hybridized carbons (Fsp3) is 0.267. The number of benzene rings is 1. The van der Waals surface area contributed by atoms with Crippen LogP contribution >= 0.6 is 0 Å². The Morgan fingerprint density at radius 2 is 2.08 bits per heavy atom. The number of rotatable bonds is 2. The lowest BCUT2D eigenvalue weighted by Crippen LogP contribution is -2.57. The van der Waals surface area contributed by atoms with Gasteiger partial charge < -0.3 is 9.64 Å². The van der Waals surface area contributed by atoms with Gasteiger partial charge in [0.05, 0.1) is 17.2 Å². The minimum Gasteiger partial charge on any atom is -0.474 e. The van der Waals surface area contributed by atoms with Gasteiger partial charge in [0.25, 0.3) is 5.69 Å². The second kappa shape index (κ2) is 5.36. The van der Waals surface area contributed by atoms with Gasteiger partial charge in [-0.3, -0.25) is 10.1 Å². The van der Waals surface area contributed by atoms with Crippen LogP contribution in [0.5, 0.6) is 5.75 Å². The largest absolute Gasteiger partial charge is 0.474 e. The summed E-state index contributed by atoms with van der Waals surface area (Å²) in [4.78, 5) is 15.7. The molecule has 2 heterocycles. The van der Waals surface area contributed by atoms with Crippen LogP contribution in [0.3, 0.4) is 0 Å². The van der Waals surface area contributed by atoms with E-state index in [-0.39, 0.29) is 22.9 Å². The number of fused-ring (bicyclic) bond motifs is 1. The summed E-state index contributed by atoms with van der Waals surface area (Å²) in [5.41, 5.74) is -2.54. The molecule has 1 unspecified atom stereocenters. The number of alkyl halides is 3. The Bertz CT molecular complexity index is 783. The monoisotopic (exact) mass is 339 g/mol. The SMILES string of the molecule is CC1(C(F)(F)F)CN(c2ccccn2)c2cc([N+](=O)[O-])ccc2O1. The molecule has 0 N–H and O–H groups in total. The zero-order chi connectivity index (χ0) is 17.5. The van der Waals surface area contributed by atoms with Gasteiger partial charge in [0.15, 0.2) is 0 Å². The number of pyridine rings is 1. The molecule has 0 radical (unpaired) electrons. The van der Waals surface area contributed by atoms with Gasteiger partial charge in [-0.25, -0.2) is 4.98 Å². The number of hydrogen-bond donors (Lipinski definition) is 0. The molecule has 1 aliphatic heterocycles. The highest BCUT2D eigenvalue weighted by Crippen LogP contribution is 2.47. The van der Waals surface area contributed by atoms with Gasteiger partial charge >= 0.3 is 6.18 Å². The summed E-state index contributed by atoms with van der Waals surface area (Å²) >= 11 is 0. The van der Waals surface area contributed by atoms with E-state index in [9.17, 15) is 23.3 Å². The summed E-state index contributed by atoms with van der Waals surface area (Å²) < 4.78 is 45.5. The minimum absolute atomic E-state index is 0.0858. The van der Waals surface area contributed by atoms with Crippen LogP contribution in [0.4, 0.5) is 30.4 Å². The van der Waals surface area contributed by atoms with E-state index in [1.165, 1.54) is 29.3 Å². The molecular weight excluding hydrogens is 327 g/mol. The van der Waals surface area contributed by atoms with Crippen LogP contribution in [0.2, 0.25) is 0 Å². The molecular formula is C15H12F3N3O3. The maximum atomic E-state index is 13.4. The zero-order valence-corrected chi connectivity index (χ0v) is 12.4. The van der Waals surface area contributed by atoms with E-state index in [2.05, 4.69) is 4.98 Å². The van der Waals surface area contributed by atoms with Crippen LogP contribution in [-0.4, -0.2) is 28.2 Å². The van der Waals surface area contributed by atoms with Crippen molar-refractivity contribution >= 4 is 17.2 Å². The summed E-state index contributed by atoms with van der Waals surface area (Å²) in [7, 11) is 0. The number of non-ortho nitro benzene ring substituents is 1. The van der Waals surface area contributed by atoms with E-state index in [4.69, 9.17) is 4.74 Å². The fourth-order valence-corrected chi connectivity index (χ4v) is 2.44. The molecule has 1 aromatic heterocycles. The molecule has 0 spiro atoms. The van der Waals surface area contributed by atoms with Crippen molar-refractivity contribution in [3.05, 3.63) is 52.7 Å². The Morgan fingerprint density at radius 3 is 2.67 bits per heavy atom. The molecule has 0 fully saturated rings. The molecule has 0 saturated heterocycles. The molecule has 1 aliphatic rings. The number of hydrogen-bond acceptors (Lipinski definition) is 5. The van der Waals surface area contributed by atoms with Crippen molar-refractivity contribution in [1.29, 1.82) is 0 Å². The lowest BCUT2D eigenvalue weighted by molar-refractivity contribution is -0.384. The van der Waals surface area contributed by atoms with E-state index in [1.807, 2.05) is 0 Å². The standard InChI is InChI=1S/C15H12F3N3O3/c1-14(15(16,17)18)9-20(13-4-2-3-7-19-13)11-8-10(21(22)23)5-6-12(11)24-14/h2-8H,9H2,1H3. The first-order valence-electron chi connectivity index (χ1n) is 6.94. The van der Waals surface area contributed by atoms with Gasteiger partial charge in [0, 0.05) is 18.3 Å². The Morgan fingerprint density at radius 1 is 1.33 bits per heavy atom. The molecule has 1 aromatic carbocycles. The highest BCUT2D eigenvalue weighted by molar-refractivity contribution is 5.71. The molecule has 3 rings (SSSR count). The number of ether oxygens (including phenoxy) is 1. The lowest BCUT2D eigenvalue weighted by Gasteiger charge is -2.42. The lowest BCUT2D eigenvalue weighted by atomic mass is 10.0. The normalized spacial score (nSPS) is 20.2. The molecule has 24 heavy (non-hydrogen) atoms. The Labute approximate surface area is 134 Å². The number of nitro groups is 1. The molecule has 1 atom stereocenters. The summed E-state index contributed by atoms with van der Waals surface area (Å²) in [5.74, 6) is 0.162. The highest BCUT2D eigenvalue weighted by Gasteiger charge is 2.57. The Balaban J connectivity index is 2.16. The third kappa shape index (κ3) is 2.61. The molecule has 9 heteroatoms. The molecule has 126 valence electrons. The number of anilines is 2. The summed E-state index contributed by atoms with van der Waals surface area (Å²) in [6, 6.07) is 8.25. The average Bonchev–Trinajstić information content (AvgIpc) is 2.53. The van der Waals surface area contributed by atoms with E-state index >= 15 is 0 Å². The maximum Gasteiger partial charge on any atom is 0.429 e. The maximum absolute atomic E-state index is 13.4. The van der Waals surface area contributed by atoms with Gasteiger partial charge in [-0.2, -0.15) is 13.2 Å². The molecule has 0 bridgehead atoms. The first kappa shape index (κ1) is 16.0. The second-order valence-corrected chi connectivity index (χ2v) is 5.51. The predicted molar refractivity (Wildman–Crippen MR) is 79.4 cm³/mol. The van der Waals surface area contributed by atoms with E-state index < -0.39 is 23.2 Å². The summed E-state index contributed by atoms with van der Waals surface area (Å²) in [6.45, 7) is 0.370. The second-order valence-electron chi connectivity index (χ2n) is 5.51. The van der Waals surface area contributed by atoms with Gasteiger partial charge in [0.2, 0.25) is 5.60 Å². The van der Waals surface area contributed by atoms with Crippen molar-refractivity contribution < 1.29 is 22.8 Å². The highest BCUT2D eigenvalue weighted by atomic mass is 19.4. The summed E-state index contributed by atoms with van der Waals surface area (Å²) in [6.07, 6.45) is -3.19. The Kier molecular flexibility index (Phi) is 3.58. The molecule has 0 amide bonds. The van der Waals surface area contributed by atoms with Crippen molar-refractivity contribution in [1.82, 2.24) is 4.98 Å². The quantitative estimate of drug-likeness (QED) is 0.614. The van der Waals surface area contributed by atoms with Crippen molar-refractivity contribution in [3.8, 4) is 5.75 Å². The van der Waals surface area contributed by atoms with Gasteiger partial charge in [-0.05, 0) is 25.1 Å². The van der Waals surface area contributed by atoms with Crippen LogP contribution in [0.25, 0.3) is 0 Å². The van der Waals surface area contributed by atoms with Crippen LogP contribution < -0.4 is 9.64 Å². The van der Waals surface area contributed by atoms with E-state index in [0.29, 0.717) is 0 Å². The number of nitro benzene ring substituents is 1. The van der Waals surface area contributed by atoms with Gasteiger partial charge in [-0.15, -0.1) is 0 Å². The summed E-state index contributed by atoms with van der Waals surface area (Å²) in [5, 5.41) is 11.0. The first-order chi connectivity index (χ1) is 11.2. The van der Waals surface area contributed by atoms with E-state index in [1.54, 1.807) is 12.1 Å². The van der Waals surface area contributed by atoms with Crippen molar-refractivity contribution in [2.45, 2.75) is 18.7 Å². The van der Waals surface area contributed by atoms with Gasteiger partial charge in [-0.1, -0.05) is 6.07 Å². The van der Waals surface area contributed by atoms with Crippen molar-refractivity contribution in [2.24, 2.45) is 0 Å². The number of nitrogens with zero attached hydrogens (tertiary/aromatic N) is 3. The molecule has 6 nitrogen and oxygen atoms in total. The van der Waals surface area contributed by atoms with Gasteiger partial charge in [0.1, 0.15) is 11.6 Å². The zero-order valence-electron chi connectivity index (χ0n) is 12.4. The predicted octanol–water partition coefficient (Wildman–Crippen LogP) is 3.84. The third-order valence-corrected chi connectivity index (χ3v) is 3.76. The van der Waals surface area contributed by atoms with E-state index in [0.717, 1.165) is 13.0 Å². The molecule has 0 saturated carbocycles. The smallest absolute Gasteiger partial charge is 0.429 e. The average molecular weight is 339 g/mol. The number of halogens is 3. The number of aromatic nitrogens is 1. The van der Waals surface area contributed by atoms with Crippen LogP contribution in [0.1, 0.15) is 6.92 Å².